The number of ether oxygens (including phenoxy) is 1. The van der Waals surface area contributed by atoms with E-state index in [2.05, 4.69) is 5.32 Å². The van der Waals surface area contributed by atoms with Gasteiger partial charge in [0.15, 0.2) is 9.84 Å². The number of amides is 1. The van der Waals surface area contributed by atoms with Gasteiger partial charge in [0.1, 0.15) is 13.2 Å². The van der Waals surface area contributed by atoms with Gasteiger partial charge in [-0.05, 0) is 23.1 Å². The van der Waals surface area contributed by atoms with Crippen molar-refractivity contribution >= 4 is 27.4 Å². The number of carbonyl (C=O) groups is 2. The molecule has 1 amide bonds. The fraction of sp³-hybridized carbons (Fsp3) is 0.231. The lowest BCUT2D eigenvalue weighted by Crippen LogP contribution is -2.39. The van der Waals surface area contributed by atoms with Gasteiger partial charge < -0.3 is 10.1 Å². The largest absolute Gasteiger partial charge is 0.460 e. The Labute approximate surface area is 209 Å². The third-order valence-electron chi connectivity index (χ3n) is 5.33. The summed E-state index contributed by atoms with van der Waals surface area (Å²) in [6, 6.07) is 23.3. The predicted octanol–water partition coefficient (Wildman–Crippen LogP) is 3.23. The Hall–Kier alpha value is -4.05. The van der Waals surface area contributed by atoms with E-state index in [-0.39, 0.29) is 31.0 Å². The number of carbonyl (C=O) groups excluding carboxylic acids is 2. The normalized spacial score (nSPS) is 11.9. The Morgan fingerprint density at radius 3 is 2.03 bits per heavy atom. The zero-order valence-electron chi connectivity index (χ0n) is 19.4. The minimum atomic E-state index is -3.76. The number of nitro groups is 1. The molecular formula is C26H26N2O7S. The Bertz CT molecular complexity index is 1280. The first-order valence-electron chi connectivity index (χ1n) is 11.2. The maximum absolute atomic E-state index is 12.9. The number of hydrogen-bond donors (Lipinski definition) is 1. The minimum absolute atomic E-state index is 0.0621. The van der Waals surface area contributed by atoms with Gasteiger partial charge in [-0.3, -0.25) is 19.7 Å². The Kier molecular flexibility index (Phi) is 9.29. The van der Waals surface area contributed by atoms with E-state index in [0.717, 1.165) is 11.1 Å². The molecule has 1 N–H and O–H groups in total. The topological polar surface area (TPSA) is 133 Å². The third kappa shape index (κ3) is 8.62. The molecule has 0 aliphatic heterocycles. The molecule has 0 spiro atoms. The van der Waals surface area contributed by atoms with Crippen LogP contribution in [0.5, 0.6) is 0 Å². The van der Waals surface area contributed by atoms with Gasteiger partial charge in [-0.1, -0.05) is 72.8 Å². The number of rotatable bonds is 12. The summed E-state index contributed by atoms with van der Waals surface area (Å²) in [5, 5.41) is 13.3. The highest BCUT2D eigenvalue weighted by molar-refractivity contribution is 7.90. The van der Waals surface area contributed by atoms with E-state index in [0.29, 0.717) is 5.56 Å². The highest BCUT2D eigenvalue weighted by atomic mass is 32.2. The molecule has 0 radical (unpaired) electrons. The first kappa shape index (κ1) is 26.6. The zero-order valence-corrected chi connectivity index (χ0v) is 20.2. The summed E-state index contributed by atoms with van der Waals surface area (Å²) in [5.41, 5.74) is 1.81. The summed E-state index contributed by atoms with van der Waals surface area (Å²) in [6.45, 7) is -0.327. The molecule has 0 aromatic heterocycles. The highest BCUT2D eigenvalue weighted by Gasteiger charge is 2.27. The van der Waals surface area contributed by atoms with Crippen LogP contribution in [0.15, 0.2) is 84.9 Å². The quantitative estimate of drug-likeness (QED) is 0.225. The third-order valence-corrected chi connectivity index (χ3v) is 7.02. The van der Waals surface area contributed by atoms with Crippen molar-refractivity contribution in [3.05, 3.63) is 112 Å². The van der Waals surface area contributed by atoms with Gasteiger partial charge in [0.25, 0.3) is 5.69 Å². The molecule has 0 aliphatic rings. The molecule has 1 atom stereocenters. The first-order chi connectivity index (χ1) is 17.2. The number of nitrogens with one attached hydrogen (secondary N) is 1. The zero-order chi connectivity index (χ0) is 26.0. The molecule has 3 aromatic rings. The van der Waals surface area contributed by atoms with Crippen molar-refractivity contribution in [3.63, 3.8) is 0 Å². The van der Waals surface area contributed by atoms with Crippen LogP contribution in [-0.2, 0) is 42.9 Å². The lowest BCUT2D eigenvalue weighted by molar-refractivity contribution is -0.384. The van der Waals surface area contributed by atoms with Crippen LogP contribution in [0.2, 0.25) is 0 Å². The van der Waals surface area contributed by atoms with Gasteiger partial charge in [-0.25, -0.2) is 8.42 Å². The summed E-state index contributed by atoms with van der Waals surface area (Å²) < 4.78 is 31.0. The molecule has 36 heavy (non-hydrogen) atoms. The van der Waals surface area contributed by atoms with Crippen molar-refractivity contribution in [3.8, 4) is 0 Å². The molecule has 9 nitrogen and oxygen atoms in total. The average Bonchev–Trinajstić information content (AvgIpc) is 2.86. The van der Waals surface area contributed by atoms with Crippen LogP contribution in [0, 0.1) is 16.0 Å². The number of hydrogen-bond acceptors (Lipinski definition) is 7. The van der Waals surface area contributed by atoms with Gasteiger partial charge in [-0.15, -0.1) is 0 Å². The van der Waals surface area contributed by atoms with E-state index >= 15 is 0 Å². The molecule has 3 aromatic carbocycles. The van der Waals surface area contributed by atoms with Crippen molar-refractivity contribution in [2.24, 2.45) is 5.92 Å². The van der Waals surface area contributed by atoms with E-state index in [4.69, 9.17) is 4.74 Å². The molecule has 0 aliphatic carbocycles. The summed E-state index contributed by atoms with van der Waals surface area (Å²) >= 11 is 0. The molecule has 0 saturated carbocycles. The van der Waals surface area contributed by atoms with E-state index in [9.17, 15) is 28.1 Å². The molecule has 3 rings (SSSR count). The molecule has 0 saturated heterocycles. The standard InChI is InChI=1S/C26H26N2O7S/c29-25(35-17-21-9-5-2-6-10-21)16-27-26(30)23(15-20-7-3-1-4-8-20)19-36(33,34)18-22-11-13-24(14-12-22)28(31)32/h1-14,23H,15-19H2,(H,27,30). The Morgan fingerprint density at radius 2 is 1.44 bits per heavy atom. The number of nitro benzene ring substituents is 1. The highest BCUT2D eigenvalue weighted by Crippen LogP contribution is 2.18. The summed E-state index contributed by atoms with van der Waals surface area (Å²) in [5.74, 6) is -2.99. The van der Waals surface area contributed by atoms with Gasteiger partial charge in [0.05, 0.1) is 22.3 Å². The van der Waals surface area contributed by atoms with Crippen molar-refractivity contribution in [2.75, 3.05) is 12.3 Å². The first-order valence-corrected chi connectivity index (χ1v) is 13.0. The number of nitrogens with zero attached hydrogens (tertiary/aromatic N) is 1. The van der Waals surface area contributed by atoms with Crippen molar-refractivity contribution in [1.82, 2.24) is 5.32 Å². The second-order valence-electron chi connectivity index (χ2n) is 8.23. The lowest BCUT2D eigenvalue weighted by atomic mass is 10.0. The van der Waals surface area contributed by atoms with Gasteiger partial charge in [0.2, 0.25) is 5.91 Å². The maximum atomic E-state index is 12.9. The van der Waals surface area contributed by atoms with Gasteiger partial charge in [-0.2, -0.15) is 0 Å². The second kappa shape index (κ2) is 12.6. The number of esters is 1. The average molecular weight is 511 g/mol. The predicted molar refractivity (Wildman–Crippen MR) is 133 cm³/mol. The van der Waals surface area contributed by atoms with Crippen molar-refractivity contribution < 1.29 is 27.7 Å². The van der Waals surface area contributed by atoms with Gasteiger partial charge >= 0.3 is 5.97 Å². The van der Waals surface area contributed by atoms with Crippen LogP contribution in [0.4, 0.5) is 5.69 Å². The molecule has 1 unspecified atom stereocenters. The molecule has 0 heterocycles. The fourth-order valence-electron chi connectivity index (χ4n) is 3.55. The number of benzene rings is 3. The van der Waals surface area contributed by atoms with Crippen molar-refractivity contribution in [2.45, 2.75) is 18.8 Å². The van der Waals surface area contributed by atoms with E-state index in [1.54, 1.807) is 36.4 Å². The summed E-state index contributed by atoms with van der Waals surface area (Å²) in [6.07, 6.45) is 0.158. The van der Waals surface area contributed by atoms with Crippen LogP contribution in [-0.4, -0.2) is 37.5 Å². The van der Waals surface area contributed by atoms with Crippen molar-refractivity contribution in [1.29, 1.82) is 0 Å². The Balaban J connectivity index is 1.63. The lowest BCUT2D eigenvalue weighted by Gasteiger charge is -2.17. The van der Waals surface area contributed by atoms with Crippen LogP contribution in [0.1, 0.15) is 16.7 Å². The summed E-state index contributed by atoms with van der Waals surface area (Å²) in [4.78, 5) is 35.3. The van der Waals surface area contributed by atoms with E-state index < -0.39 is 38.3 Å². The molecule has 0 fully saturated rings. The monoisotopic (exact) mass is 510 g/mol. The minimum Gasteiger partial charge on any atom is -0.460 e. The van der Waals surface area contributed by atoms with Gasteiger partial charge in [0, 0.05) is 12.1 Å². The smallest absolute Gasteiger partial charge is 0.325 e. The number of non-ortho nitro benzene ring substituents is 1. The second-order valence-corrected chi connectivity index (χ2v) is 10.3. The Morgan fingerprint density at radius 1 is 0.861 bits per heavy atom. The molecule has 188 valence electrons. The van der Waals surface area contributed by atoms with Crippen LogP contribution >= 0.6 is 0 Å². The number of sulfone groups is 1. The summed E-state index contributed by atoms with van der Waals surface area (Å²) in [7, 11) is -3.76. The SMILES string of the molecule is O=C(CNC(=O)C(Cc1ccccc1)CS(=O)(=O)Cc1ccc([N+](=O)[O-])cc1)OCc1ccccc1. The maximum Gasteiger partial charge on any atom is 0.325 e. The van der Waals surface area contributed by atoms with Crippen LogP contribution < -0.4 is 5.32 Å². The molecule has 0 bridgehead atoms. The fourth-order valence-corrected chi connectivity index (χ4v) is 5.25. The van der Waals surface area contributed by atoms with Crippen LogP contribution in [0.25, 0.3) is 0 Å². The molecule has 10 heteroatoms. The van der Waals surface area contributed by atoms with Crippen LogP contribution in [0.3, 0.4) is 0 Å². The van der Waals surface area contributed by atoms with E-state index in [1.165, 1.54) is 24.3 Å². The molecular weight excluding hydrogens is 484 g/mol. The van der Waals surface area contributed by atoms with E-state index in [1.807, 2.05) is 24.3 Å².